The summed E-state index contributed by atoms with van der Waals surface area (Å²) in [6.07, 6.45) is 1.72. The van der Waals surface area contributed by atoms with E-state index in [1.54, 1.807) is 6.33 Å². The Bertz CT molecular complexity index is 257. The molecule has 1 aromatic heterocycles. The lowest BCUT2D eigenvalue weighted by Gasteiger charge is -2.13. The van der Waals surface area contributed by atoms with Gasteiger partial charge in [0.15, 0.2) is 0 Å². The van der Waals surface area contributed by atoms with Gasteiger partial charge in [-0.3, -0.25) is 0 Å². The summed E-state index contributed by atoms with van der Waals surface area (Å²) in [6, 6.07) is 0. The smallest absolute Gasteiger partial charge is 0.146 e. The molecular weight excluding hydrogens is 178 g/mol. The number of nitrogens with zero attached hydrogens (tertiary/aromatic N) is 4. The lowest BCUT2D eigenvalue weighted by molar-refractivity contribution is 0.348. The van der Waals surface area contributed by atoms with E-state index in [1.165, 1.54) is 0 Å². The molecule has 0 saturated heterocycles. The van der Waals surface area contributed by atoms with Gasteiger partial charge >= 0.3 is 0 Å². The van der Waals surface area contributed by atoms with Crippen molar-refractivity contribution >= 4 is 0 Å². The molecule has 5 nitrogen and oxygen atoms in total. The van der Waals surface area contributed by atoms with Gasteiger partial charge in [-0.25, -0.2) is 0 Å². The third-order valence-electron chi connectivity index (χ3n) is 2.30. The molecule has 0 unspecified atom stereocenters. The van der Waals surface area contributed by atoms with Gasteiger partial charge in [-0.15, -0.1) is 10.2 Å². The molecule has 0 saturated carbocycles. The first kappa shape index (κ1) is 11.1. The minimum atomic E-state index is 0.786. The third-order valence-corrected chi connectivity index (χ3v) is 2.30. The van der Waals surface area contributed by atoms with Crippen LogP contribution in [0.2, 0.25) is 0 Å². The number of rotatable bonds is 6. The second kappa shape index (κ2) is 5.72. The van der Waals surface area contributed by atoms with Gasteiger partial charge in [0.25, 0.3) is 0 Å². The zero-order valence-electron chi connectivity index (χ0n) is 9.19. The molecule has 80 valence electrons. The zero-order valence-corrected chi connectivity index (χ0v) is 9.19. The van der Waals surface area contributed by atoms with E-state index < -0.39 is 0 Å². The van der Waals surface area contributed by atoms with Crippen LogP contribution in [0.25, 0.3) is 0 Å². The quantitative estimate of drug-likeness (QED) is 0.645. The molecule has 0 aliphatic rings. The predicted molar refractivity (Wildman–Crippen MR) is 55.9 cm³/mol. The summed E-state index contributed by atoms with van der Waals surface area (Å²) in [4.78, 5) is 2.27. The second-order valence-electron chi connectivity index (χ2n) is 3.43. The first-order valence-electron chi connectivity index (χ1n) is 4.96. The number of hydrogen-bond acceptors (Lipinski definition) is 4. The summed E-state index contributed by atoms with van der Waals surface area (Å²) in [6.45, 7) is 6.08. The first-order valence-corrected chi connectivity index (χ1v) is 4.96. The van der Waals surface area contributed by atoms with E-state index in [1.807, 2.05) is 11.6 Å². The molecule has 0 bridgehead atoms. The fraction of sp³-hybridized carbons (Fsp3) is 0.778. The van der Waals surface area contributed by atoms with Crippen molar-refractivity contribution < 1.29 is 0 Å². The normalized spacial score (nSPS) is 11.1. The molecule has 14 heavy (non-hydrogen) atoms. The monoisotopic (exact) mass is 197 g/mol. The van der Waals surface area contributed by atoms with Crippen LogP contribution in [0.1, 0.15) is 12.7 Å². The predicted octanol–water partition coefficient (Wildman–Crippen LogP) is -0.144. The van der Waals surface area contributed by atoms with Gasteiger partial charge in [0.1, 0.15) is 12.2 Å². The van der Waals surface area contributed by atoms with E-state index in [9.17, 15) is 0 Å². The van der Waals surface area contributed by atoms with Crippen molar-refractivity contribution in [3.05, 3.63) is 12.2 Å². The molecule has 1 rings (SSSR count). The van der Waals surface area contributed by atoms with Crippen LogP contribution < -0.4 is 5.32 Å². The molecule has 0 atom stereocenters. The van der Waals surface area contributed by atoms with Gasteiger partial charge in [0.2, 0.25) is 0 Å². The Kier molecular flexibility index (Phi) is 4.55. The maximum absolute atomic E-state index is 3.99. The molecule has 1 heterocycles. The van der Waals surface area contributed by atoms with E-state index in [2.05, 4.69) is 34.4 Å². The maximum atomic E-state index is 3.99. The molecule has 0 amide bonds. The van der Waals surface area contributed by atoms with E-state index in [0.717, 1.165) is 32.0 Å². The molecule has 0 aliphatic heterocycles. The van der Waals surface area contributed by atoms with E-state index in [0.29, 0.717) is 0 Å². The summed E-state index contributed by atoms with van der Waals surface area (Å²) in [5, 5.41) is 11.1. The minimum absolute atomic E-state index is 0.786. The van der Waals surface area contributed by atoms with Crippen molar-refractivity contribution in [1.29, 1.82) is 0 Å². The Morgan fingerprint density at radius 2 is 2.36 bits per heavy atom. The summed E-state index contributed by atoms with van der Waals surface area (Å²) < 4.78 is 1.93. The van der Waals surface area contributed by atoms with Gasteiger partial charge in [-0.1, -0.05) is 6.92 Å². The molecule has 0 fully saturated rings. The maximum Gasteiger partial charge on any atom is 0.146 e. The van der Waals surface area contributed by atoms with Crippen LogP contribution in [0.15, 0.2) is 6.33 Å². The van der Waals surface area contributed by atoms with E-state index in [-0.39, 0.29) is 0 Å². The summed E-state index contributed by atoms with van der Waals surface area (Å²) in [5.41, 5.74) is 0. The number of nitrogens with one attached hydrogen (secondary N) is 1. The Hall–Kier alpha value is -0.940. The number of aromatic nitrogens is 3. The second-order valence-corrected chi connectivity index (χ2v) is 3.43. The van der Waals surface area contributed by atoms with Crippen LogP contribution in [-0.4, -0.2) is 46.3 Å². The molecule has 1 aromatic rings. The van der Waals surface area contributed by atoms with Crippen molar-refractivity contribution in [3.8, 4) is 0 Å². The number of aryl methyl sites for hydroxylation is 1. The van der Waals surface area contributed by atoms with Crippen LogP contribution >= 0.6 is 0 Å². The highest BCUT2D eigenvalue weighted by molar-refractivity contribution is 4.82. The third kappa shape index (κ3) is 3.43. The van der Waals surface area contributed by atoms with Crippen LogP contribution in [0.4, 0.5) is 0 Å². The average molecular weight is 197 g/mol. The van der Waals surface area contributed by atoms with Crippen molar-refractivity contribution in [2.45, 2.75) is 13.5 Å². The minimum Gasteiger partial charge on any atom is -0.320 e. The Balaban J connectivity index is 2.13. The van der Waals surface area contributed by atoms with E-state index in [4.69, 9.17) is 0 Å². The summed E-state index contributed by atoms with van der Waals surface area (Å²) >= 11 is 0. The fourth-order valence-electron chi connectivity index (χ4n) is 1.10. The topological polar surface area (TPSA) is 46.0 Å². The molecule has 0 spiro atoms. The highest BCUT2D eigenvalue weighted by Gasteiger charge is 1.99. The Morgan fingerprint density at radius 3 is 2.93 bits per heavy atom. The molecule has 5 heteroatoms. The Labute approximate surface area is 85.1 Å². The fourth-order valence-corrected chi connectivity index (χ4v) is 1.10. The standard InChI is InChI=1S/C9H19N5/c1-4-13(2)6-5-10-7-9-12-11-8-14(9)3/h8,10H,4-7H2,1-3H3. The zero-order chi connectivity index (χ0) is 10.4. The average Bonchev–Trinajstić information content (AvgIpc) is 2.58. The number of likely N-dealkylation sites (N-methyl/N-ethyl adjacent to an activating group) is 1. The van der Waals surface area contributed by atoms with Gasteiger partial charge in [-0.05, 0) is 13.6 Å². The van der Waals surface area contributed by atoms with E-state index >= 15 is 0 Å². The van der Waals surface area contributed by atoms with Crippen molar-refractivity contribution in [2.24, 2.45) is 7.05 Å². The first-order chi connectivity index (χ1) is 6.74. The lowest BCUT2D eigenvalue weighted by atomic mass is 10.5. The van der Waals surface area contributed by atoms with Crippen molar-refractivity contribution in [2.75, 3.05) is 26.7 Å². The molecule has 1 N–H and O–H groups in total. The highest BCUT2D eigenvalue weighted by atomic mass is 15.3. The van der Waals surface area contributed by atoms with Crippen molar-refractivity contribution in [3.63, 3.8) is 0 Å². The van der Waals surface area contributed by atoms with Crippen LogP contribution in [0.5, 0.6) is 0 Å². The molecular formula is C9H19N5. The van der Waals surface area contributed by atoms with Crippen molar-refractivity contribution in [1.82, 2.24) is 25.0 Å². The summed E-state index contributed by atoms with van der Waals surface area (Å²) in [5.74, 6) is 0.976. The molecule has 0 radical (unpaired) electrons. The highest BCUT2D eigenvalue weighted by Crippen LogP contribution is 1.89. The SMILES string of the molecule is CCN(C)CCNCc1nncn1C. The molecule has 0 aliphatic carbocycles. The van der Waals surface area contributed by atoms with Crippen LogP contribution in [0, 0.1) is 0 Å². The van der Waals surface area contributed by atoms with Gasteiger partial charge in [0.05, 0.1) is 6.54 Å². The van der Waals surface area contributed by atoms with Crippen LogP contribution in [0.3, 0.4) is 0 Å². The van der Waals surface area contributed by atoms with Gasteiger partial charge < -0.3 is 14.8 Å². The molecule has 0 aromatic carbocycles. The van der Waals surface area contributed by atoms with Gasteiger partial charge in [0, 0.05) is 20.1 Å². The largest absolute Gasteiger partial charge is 0.320 e. The number of hydrogen-bond donors (Lipinski definition) is 1. The Morgan fingerprint density at radius 1 is 1.57 bits per heavy atom. The van der Waals surface area contributed by atoms with Crippen LogP contribution in [-0.2, 0) is 13.6 Å². The van der Waals surface area contributed by atoms with Gasteiger partial charge in [-0.2, -0.15) is 0 Å². The lowest BCUT2D eigenvalue weighted by Crippen LogP contribution is -2.29. The summed E-state index contributed by atoms with van der Waals surface area (Å²) in [7, 11) is 4.07.